The van der Waals surface area contributed by atoms with Gasteiger partial charge in [-0.1, -0.05) is 48.5 Å². The van der Waals surface area contributed by atoms with Gasteiger partial charge in [0, 0.05) is 48.1 Å². The van der Waals surface area contributed by atoms with Gasteiger partial charge in [0.05, 0.1) is 11.7 Å². The molecule has 3 heterocycles. The standard InChI is InChI=1S/C37H38N2O3/c40-29-12-11-27-18-35-21-37(34(35)38(22-35)19-23-9-10-23)36-14-13-31(30(36)17-28(27)16-29)39(20-32(36)42-37)33(41)26-8-4-7-25(15-26)24-5-2-1-3-6-24/h1-8,11-12,15-16,23,30-32,34,40H,9-10,13-14,17-22H2/t30?,31?,32-,34?,35-,36?,37?/m1/s1. The molecule has 5 aliphatic carbocycles. The summed E-state index contributed by atoms with van der Waals surface area (Å²) >= 11 is 0. The molecule has 3 spiro atoms. The molecule has 3 aliphatic heterocycles. The van der Waals surface area contributed by atoms with Gasteiger partial charge in [0.15, 0.2) is 0 Å². The van der Waals surface area contributed by atoms with E-state index in [1.54, 1.807) is 0 Å². The molecule has 42 heavy (non-hydrogen) atoms. The number of hydrogen-bond acceptors (Lipinski definition) is 4. The molecular formula is C37H38N2O3. The van der Waals surface area contributed by atoms with Crippen LogP contribution in [0.15, 0.2) is 72.8 Å². The van der Waals surface area contributed by atoms with Gasteiger partial charge in [0.25, 0.3) is 5.91 Å². The molecule has 5 nitrogen and oxygen atoms in total. The fraction of sp³-hybridized carbons (Fsp3) is 0.486. The number of nitrogens with zero attached hydrogens (tertiary/aromatic N) is 2. The molecule has 0 radical (unpaired) electrons. The molecule has 5 unspecified atom stereocenters. The Labute approximate surface area is 247 Å². The van der Waals surface area contributed by atoms with Crippen molar-refractivity contribution in [3.8, 4) is 16.9 Å². The summed E-state index contributed by atoms with van der Waals surface area (Å²) in [5.41, 5.74) is 6.06. The first-order valence-corrected chi connectivity index (χ1v) is 16.2. The fourth-order valence-electron chi connectivity index (χ4n) is 11.2. The maximum absolute atomic E-state index is 14.3. The number of aromatic hydroxyl groups is 1. The second-order valence-electron chi connectivity index (χ2n) is 14.8. The third-order valence-corrected chi connectivity index (χ3v) is 12.8. The number of ether oxygens (including phenoxy) is 1. The first-order valence-electron chi connectivity index (χ1n) is 16.2. The Balaban J connectivity index is 1.04. The first-order chi connectivity index (χ1) is 20.5. The van der Waals surface area contributed by atoms with Gasteiger partial charge >= 0.3 is 0 Å². The van der Waals surface area contributed by atoms with E-state index in [4.69, 9.17) is 4.74 Å². The molecule has 7 atom stereocenters. The van der Waals surface area contributed by atoms with Gasteiger partial charge in [-0.05, 0) is 103 Å². The van der Waals surface area contributed by atoms with Crippen LogP contribution >= 0.6 is 0 Å². The van der Waals surface area contributed by atoms with Crippen molar-refractivity contribution >= 4 is 5.91 Å². The quantitative estimate of drug-likeness (QED) is 0.446. The predicted octanol–water partition coefficient (Wildman–Crippen LogP) is 5.70. The average Bonchev–Trinajstić information content (AvgIpc) is 3.74. The van der Waals surface area contributed by atoms with Gasteiger partial charge in [-0.2, -0.15) is 0 Å². The minimum absolute atomic E-state index is 0.0589. The van der Waals surface area contributed by atoms with Crippen molar-refractivity contribution < 1.29 is 14.6 Å². The zero-order valence-electron chi connectivity index (χ0n) is 24.0. The van der Waals surface area contributed by atoms with Gasteiger partial charge in [-0.25, -0.2) is 0 Å². The van der Waals surface area contributed by atoms with E-state index < -0.39 is 0 Å². The highest BCUT2D eigenvalue weighted by Gasteiger charge is 2.88. The minimum atomic E-state index is -0.0589. The third kappa shape index (κ3) is 2.94. The Bertz CT molecular complexity index is 1630. The molecule has 1 amide bonds. The van der Waals surface area contributed by atoms with Crippen LogP contribution in [0.2, 0.25) is 0 Å². The molecule has 3 saturated heterocycles. The van der Waals surface area contributed by atoms with E-state index in [2.05, 4.69) is 40.1 Å². The zero-order valence-corrected chi connectivity index (χ0v) is 24.0. The topological polar surface area (TPSA) is 53.0 Å². The van der Waals surface area contributed by atoms with Crippen LogP contribution in [0.3, 0.4) is 0 Å². The van der Waals surface area contributed by atoms with E-state index in [0.29, 0.717) is 29.7 Å². The molecule has 3 aromatic carbocycles. The summed E-state index contributed by atoms with van der Waals surface area (Å²) in [5, 5.41) is 10.6. The SMILES string of the molecule is O=C(c1cccc(-c2ccccc2)c1)N1C[C@H]2OC34C[C@]5(Cc6ccc(O)cc6CC6C1CCC623)CN(CC1CC1)C45. The van der Waals surface area contributed by atoms with Crippen molar-refractivity contribution in [3.05, 3.63) is 89.5 Å². The number of piperidine rings is 2. The molecule has 3 aromatic rings. The van der Waals surface area contributed by atoms with Crippen LogP contribution in [0.1, 0.15) is 53.6 Å². The summed E-state index contributed by atoms with van der Waals surface area (Å²) in [6, 6.07) is 25.3. The number of carbonyl (C=O) groups is 1. The number of likely N-dealkylation sites (tertiary alicyclic amines) is 2. The van der Waals surface area contributed by atoms with E-state index in [0.717, 1.165) is 48.3 Å². The molecule has 214 valence electrons. The normalized spacial score (nSPS) is 38.8. The third-order valence-electron chi connectivity index (χ3n) is 12.8. The van der Waals surface area contributed by atoms with E-state index in [9.17, 15) is 9.90 Å². The number of phenolic OH excluding ortho intramolecular Hbond substituents is 1. The lowest BCUT2D eigenvalue weighted by molar-refractivity contribution is -0.450. The Hall–Kier alpha value is -3.15. The number of amides is 1. The summed E-state index contributed by atoms with van der Waals surface area (Å²) < 4.78 is 7.19. The molecule has 0 aromatic heterocycles. The molecule has 1 N–H and O–H groups in total. The largest absolute Gasteiger partial charge is 0.508 e. The summed E-state index contributed by atoms with van der Waals surface area (Å²) in [4.78, 5) is 19.3. The number of benzene rings is 3. The van der Waals surface area contributed by atoms with Crippen LogP contribution in [0, 0.1) is 22.7 Å². The molecule has 4 bridgehead atoms. The number of carbonyl (C=O) groups excluding carboxylic acids is 1. The molecule has 6 fully saturated rings. The molecule has 5 heteroatoms. The Morgan fingerprint density at radius 3 is 2.67 bits per heavy atom. The Morgan fingerprint density at radius 1 is 0.952 bits per heavy atom. The highest BCUT2D eigenvalue weighted by Crippen LogP contribution is 2.79. The summed E-state index contributed by atoms with van der Waals surface area (Å²) in [7, 11) is 0. The van der Waals surface area contributed by atoms with Gasteiger partial charge in [0.2, 0.25) is 0 Å². The van der Waals surface area contributed by atoms with E-state index >= 15 is 0 Å². The average molecular weight is 559 g/mol. The van der Waals surface area contributed by atoms with Crippen LogP contribution in [0.5, 0.6) is 5.75 Å². The fourth-order valence-corrected chi connectivity index (χ4v) is 11.2. The highest BCUT2D eigenvalue weighted by atomic mass is 16.6. The van der Waals surface area contributed by atoms with Crippen LogP contribution in [0.25, 0.3) is 11.1 Å². The van der Waals surface area contributed by atoms with Gasteiger partial charge in [-0.3, -0.25) is 9.69 Å². The monoisotopic (exact) mass is 558 g/mol. The van der Waals surface area contributed by atoms with Crippen molar-refractivity contribution in [1.82, 2.24) is 9.80 Å². The van der Waals surface area contributed by atoms with Gasteiger partial charge in [-0.15, -0.1) is 0 Å². The molecule has 11 rings (SSSR count). The molecule has 8 aliphatic rings. The molecular weight excluding hydrogens is 520 g/mol. The maximum atomic E-state index is 14.3. The summed E-state index contributed by atoms with van der Waals surface area (Å²) in [6.07, 6.45) is 8.25. The van der Waals surface area contributed by atoms with Gasteiger partial charge in [0.1, 0.15) is 5.75 Å². The minimum Gasteiger partial charge on any atom is -0.508 e. The Kier molecular flexibility index (Phi) is 4.67. The van der Waals surface area contributed by atoms with Gasteiger partial charge < -0.3 is 14.7 Å². The van der Waals surface area contributed by atoms with Crippen molar-refractivity contribution in [2.75, 3.05) is 19.6 Å². The lowest BCUT2D eigenvalue weighted by Gasteiger charge is -2.84. The highest BCUT2D eigenvalue weighted by molar-refractivity contribution is 5.96. The lowest BCUT2D eigenvalue weighted by atomic mass is 9.36. The summed E-state index contributed by atoms with van der Waals surface area (Å²) in [6.45, 7) is 3.13. The van der Waals surface area contributed by atoms with Crippen LogP contribution in [0.4, 0.5) is 0 Å². The number of phenols is 1. The van der Waals surface area contributed by atoms with Crippen molar-refractivity contribution in [2.24, 2.45) is 22.7 Å². The maximum Gasteiger partial charge on any atom is 0.254 e. The Morgan fingerprint density at radius 2 is 1.81 bits per heavy atom. The van der Waals surface area contributed by atoms with Crippen molar-refractivity contribution in [2.45, 2.75) is 68.7 Å². The van der Waals surface area contributed by atoms with Crippen LogP contribution in [-0.2, 0) is 17.6 Å². The van der Waals surface area contributed by atoms with E-state index in [1.165, 1.54) is 43.5 Å². The first kappa shape index (κ1) is 24.3. The molecule has 3 saturated carbocycles. The second kappa shape index (κ2) is 8.06. The van der Waals surface area contributed by atoms with E-state index in [1.807, 2.05) is 42.5 Å². The zero-order chi connectivity index (χ0) is 27.8. The van der Waals surface area contributed by atoms with Crippen LogP contribution in [-0.4, -0.2) is 64.2 Å². The summed E-state index contributed by atoms with van der Waals surface area (Å²) in [5.74, 6) is 1.73. The predicted molar refractivity (Wildman–Crippen MR) is 160 cm³/mol. The van der Waals surface area contributed by atoms with Crippen molar-refractivity contribution in [3.63, 3.8) is 0 Å². The number of rotatable bonds is 4. The van der Waals surface area contributed by atoms with Crippen LogP contribution < -0.4 is 0 Å². The smallest absolute Gasteiger partial charge is 0.254 e. The second-order valence-corrected chi connectivity index (χ2v) is 14.8. The number of hydrogen-bond donors (Lipinski definition) is 1. The van der Waals surface area contributed by atoms with Crippen molar-refractivity contribution in [1.29, 1.82) is 0 Å². The van der Waals surface area contributed by atoms with E-state index in [-0.39, 0.29) is 29.1 Å². The lowest BCUT2D eigenvalue weighted by Crippen LogP contribution is -2.94.